The van der Waals surface area contributed by atoms with E-state index in [1.807, 2.05) is 6.07 Å². The Kier molecular flexibility index (Phi) is 3.59. The first kappa shape index (κ1) is 13.7. The van der Waals surface area contributed by atoms with Gasteiger partial charge < -0.3 is 4.42 Å². The summed E-state index contributed by atoms with van der Waals surface area (Å²) >= 11 is 15.5. The summed E-state index contributed by atoms with van der Waals surface area (Å²) in [4.78, 5) is 12.5. The number of carbonyl (C=O) groups is 1. The van der Waals surface area contributed by atoms with Gasteiger partial charge >= 0.3 is 0 Å². The highest BCUT2D eigenvalue weighted by Crippen LogP contribution is 2.31. The third kappa shape index (κ3) is 2.26. The smallest absolute Gasteiger partial charge is 0.229 e. The van der Waals surface area contributed by atoms with Crippen LogP contribution in [0.3, 0.4) is 0 Å². The van der Waals surface area contributed by atoms with E-state index >= 15 is 0 Å². The van der Waals surface area contributed by atoms with Gasteiger partial charge in [0.05, 0.1) is 10.0 Å². The number of hydrogen-bond donors (Lipinski definition) is 0. The monoisotopic (exact) mass is 368 g/mol. The Morgan fingerprint density at radius 3 is 2.60 bits per heavy atom. The van der Waals surface area contributed by atoms with Gasteiger partial charge in [-0.3, -0.25) is 4.79 Å². The topological polar surface area (TPSA) is 30.2 Å². The Morgan fingerprint density at radius 2 is 1.85 bits per heavy atom. The second kappa shape index (κ2) is 5.24. The van der Waals surface area contributed by atoms with E-state index in [1.54, 1.807) is 36.4 Å². The summed E-state index contributed by atoms with van der Waals surface area (Å²) < 4.78 is 6.22. The average Bonchev–Trinajstić information content (AvgIpc) is 2.87. The average molecular weight is 370 g/mol. The molecule has 0 amide bonds. The van der Waals surface area contributed by atoms with Crippen LogP contribution in [0.1, 0.15) is 16.1 Å². The predicted octanol–water partition coefficient (Wildman–Crippen LogP) is 5.73. The summed E-state index contributed by atoms with van der Waals surface area (Å²) in [5.74, 6) is -0.0586. The lowest BCUT2D eigenvalue weighted by molar-refractivity contribution is 0.101. The van der Waals surface area contributed by atoms with Crippen LogP contribution < -0.4 is 0 Å². The third-order valence-corrected chi connectivity index (χ3v) is 4.51. The first-order valence-corrected chi connectivity index (χ1v) is 7.29. The molecule has 0 saturated heterocycles. The third-order valence-electron chi connectivity index (χ3n) is 2.92. The molecule has 20 heavy (non-hydrogen) atoms. The van der Waals surface area contributed by atoms with Crippen LogP contribution in [-0.4, -0.2) is 5.78 Å². The summed E-state index contributed by atoms with van der Waals surface area (Å²) in [5.41, 5.74) is 0.889. The van der Waals surface area contributed by atoms with Crippen molar-refractivity contribution in [1.82, 2.24) is 0 Å². The molecule has 1 heterocycles. The first-order valence-electron chi connectivity index (χ1n) is 5.74. The Labute approximate surface area is 133 Å². The second-order valence-electron chi connectivity index (χ2n) is 4.20. The summed E-state index contributed by atoms with van der Waals surface area (Å²) in [5, 5.41) is 1.62. The highest BCUT2D eigenvalue weighted by atomic mass is 79.9. The van der Waals surface area contributed by atoms with Crippen molar-refractivity contribution >= 4 is 55.9 Å². The summed E-state index contributed by atoms with van der Waals surface area (Å²) in [7, 11) is 0. The molecule has 1 aromatic heterocycles. The van der Waals surface area contributed by atoms with Crippen molar-refractivity contribution < 1.29 is 9.21 Å². The molecule has 0 bridgehead atoms. The molecule has 0 N–H and O–H groups in total. The van der Waals surface area contributed by atoms with Crippen LogP contribution in [0.2, 0.25) is 10.0 Å². The van der Waals surface area contributed by atoms with Crippen LogP contribution >= 0.6 is 39.1 Å². The van der Waals surface area contributed by atoms with E-state index in [0.717, 1.165) is 5.39 Å². The summed E-state index contributed by atoms with van der Waals surface area (Å²) in [6.45, 7) is 0. The van der Waals surface area contributed by atoms with Crippen LogP contribution in [0.4, 0.5) is 0 Å². The standard InChI is InChI=1S/C15H7BrCl2O2/c16-10-5-2-4-9(13(10)18)14(19)12-7-8-3-1-6-11(17)15(8)20-12/h1-7H. The summed E-state index contributed by atoms with van der Waals surface area (Å²) in [6, 6.07) is 12.2. The maximum Gasteiger partial charge on any atom is 0.229 e. The van der Waals surface area contributed by atoms with E-state index in [4.69, 9.17) is 27.6 Å². The fourth-order valence-electron chi connectivity index (χ4n) is 1.95. The Bertz CT molecular complexity index is 824. The Morgan fingerprint density at radius 1 is 1.10 bits per heavy atom. The molecule has 0 aliphatic carbocycles. The van der Waals surface area contributed by atoms with Gasteiger partial charge in [-0.1, -0.05) is 41.4 Å². The number of hydrogen-bond acceptors (Lipinski definition) is 2. The van der Waals surface area contributed by atoms with E-state index in [0.29, 0.717) is 25.7 Å². The zero-order valence-electron chi connectivity index (χ0n) is 9.99. The lowest BCUT2D eigenvalue weighted by atomic mass is 10.1. The number of rotatable bonds is 2. The molecule has 2 aromatic carbocycles. The number of carbonyl (C=O) groups excluding carboxylic acids is 1. The number of ketones is 1. The minimum absolute atomic E-state index is 0.216. The fourth-order valence-corrected chi connectivity index (χ4v) is 2.75. The number of benzene rings is 2. The first-order chi connectivity index (χ1) is 9.58. The van der Waals surface area contributed by atoms with E-state index in [1.165, 1.54) is 0 Å². The fraction of sp³-hybridized carbons (Fsp3) is 0. The molecule has 100 valence electrons. The molecule has 0 fully saturated rings. The van der Waals surface area contributed by atoms with Crippen molar-refractivity contribution in [3.63, 3.8) is 0 Å². The maximum atomic E-state index is 12.5. The van der Waals surface area contributed by atoms with E-state index in [2.05, 4.69) is 15.9 Å². The molecule has 0 atom stereocenters. The van der Waals surface area contributed by atoms with Crippen LogP contribution in [0.5, 0.6) is 0 Å². The number of fused-ring (bicyclic) bond motifs is 1. The zero-order chi connectivity index (χ0) is 14.3. The SMILES string of the molecule is O=C(c1cc2cccc(Cl)c2o1)c1cccc(Br)c1Cl. The minimum atomic E-state index is -0.274. The van der Waals surface area contributed by atoms with Gasteiger partial charge in [0.15, 0.2) is 11.3 Å². The van der Waals surface area contributed by atoms with Crippen LogP contribution in [0, 0.1) is 0 Å². The lowest BCUT2D eigenvalue weighted by Gasteiger charge is -2.02. The largest absolute Gasteiger partial charge is 0.451 e. The molecule has 3 aromatic rings. The van der Waals surface area contributed by atoms with Crippen molar-refractivity contribution in [2.75, 3.05) is 0 Å². The van der Waals surface area contributed by atoms with Crippen molar-refractivity contribution in [1.29, 1.82) is 0 Å². The van der Waals surface area contributed by atoms with Gasteiger partial charge in [-0.25, -0.2) is 0 Å². The predicted molar refractivity (Wildman–Crippen MR) is 83.8 cm³/mol. The molecule has 0 saturated carbocycles. The molecule has 5 heteroatoms. The highest BCUT2D eigenvalue weighted by molar-refractivity contribution is 9.10. The number of para-hydroxylation sites is 1. The molecular weight excluding hydrogens is 363 g/mol. The van der Waals surface area contributed by atoms with Crippen molar-refractivity contribution in [2.45, 2.75) is 0 Å². The molecular formula is C15H7BrCl2O2. The number of halogens is 3. The highest BCUT2D eigenvalue weighted by Gasteiger charge is 2.19. The molecule has 3 rings (SSSR count). The van der Waals surface area contributed by atoms with Crippen molar-refractivity contribution in [2.24, 2.45) is 0 Å². The van der Waals surface area contributed by atoms with Gasteiger partial charge in [0.2, 0.25) is 5.78 Å². The van der Waals surface area contributed by atoms with E-state index in [-0.39, 0.29) is 11.5 Å². The zero-order valence-corrected chi connectivity index (χ0v) is 13.1. The van der Waals surface area contributed by atoms with Gasteiger partial charge in [-0.2, -0.15) is 0 Å². The Balaban J connectivity index is 2.13. The summed E-state index contributed by atoms with van der Waals surface area (Å²) in [6.07, 6.45) is 0. The van der Waals surface area contributed by atoms with E-state index in [9.17, 15) is 4.79 Å². The lowest BCUT2D eigenvalue weighted by Crippen LogP contribution is -2.00. The molecule has 0 radical (unpaired) electrons. The molecule has 2 nitrogen and oxygen atoms in total. The quantitative estimate of drug-likeness (QED) is 0.539. The van der Waals surface area contributed by atoms with Crippen LogP contribution in [-0.2, 0) is 0 Å². The second-order valence-corrected chi connectivity index (χ2v) is 5.84. The normalized spacial score (nSPS) is 10.9. The van der Waals surface area contributed by atoms with Gasteiger partial charge in [-0.05, 0) is 40.2 Å². The molecule has 0 aliphatic rings. The van der Waals surface area contributed by atoms with Crippen molar-refractivity contribution in [3.05, 3.63) is 68.3 Å². The van der Waals surface area contributed by atoms with Crippen molar-refractivity contribution in [3.8, 4) is 0 Å². The number of furan rings is 1. The van der Waals surface area contributed by atoms with Gasteiger partial charge in [-0.15, -0.1) is 0 Å². The molecule has 0 spiro atoms. The van der Waals surface area contributed by atoms with E-state index < -0.39 is 0 Å². The maximum absolute atomic E-state index is 12.5. The molecule has 0 unspecified atom stereocenters. The Hall–Kier alpha value is -1.29. The van der Waals surface area contributed by atoms with Crippen LogP contribution in [0.15, 0.2) is 51.4 Å². The van der Waals surface area contributed by atoms with Gasteiger partial charge in [0.25, 0.3) is 0 Å². The van der Waals surface area contributed by atoms with Crippen LogP contribution in [0.25, 0.3) is 11.0 Å². The van der Waals surface area contributed by atoms with Gasteiger partial charge in [0, 0.05) is 15.4 Å². The van der Waals surface area contributed by atoms with Gasteiger partial charge in [0.1, 0.15) is 0 Å². The minimum Gasteiger partial charge on any atom is -0.451 e. The molecule has 0 aliphatic heterocycles.